The summed E-state index contributed by atoms with van der Waals surface area (Å²) in [6, 6.07) is 3.39. The molecule has 27 heavy (non-hydrogen) atoms. The molecule has 0 unspecified atom stereocenters. The monoisotopic (exact) mass is 421 g/mol. The number of aromatic nitrogens is 2. The average Bonchev–Trinajstić information content (AvgIpc) is 2.96. The first kappa shape index (κ1) is 21.6. The fourth-order valence-electron chi connectivity index (χ4n) is 2.87. The van der Waals surface area contributed by atoms with Crippen molar-refractivity contribution in [3.63, 3.8) is 0 Å². The van der Waals surface area contributed by atoms with E-state index < -0.39 is 22.7 Å². The summed E-state index contributed by atoms with van der Waals surface area (Å²) in [5.41, 5.74) is -0.348. The minimum atomic E-state index is -4.60. The molecule has 2 heterocycles. The van der Waals surface area contributed by atoms with Gasteiger partial charge in [-0.15, -0.1) is 12.4 Å². The van der Waals surface area contributed by atoms with Gasteiger partial charge in [0.2, 0.25) is 0 Å². The number of halogens is 5. The SMILES string of the molecule is CC(C)(C)c1cn2c(n1)CN(C(=O)c1cccc(C(F)(F)F)c1Cl)CC2.Cl. The lowest BCUT2D eigenvalue weighted by Crippen LogP contribution is -2.38. The third kappa shape index (κ3) is 4.24. The van der Waals surface area contributed by atoms with E-state index in [1.807, 2.05) is 31.5 Å². The Bertz CT molecular complexity index is 857. The van der Waals surface area contributed by atoms with Gasteiger partial charge in [0.1, 0.15) is 5.82 Å². The quantitative estimate of drug-likeness (QED) is 0.654. The summed E-state index contributed by atoms with van der Waals surface area (Å²) in [6.45, 7) is 7.31. The zero-order valence-corrected chi connectivity index (χ0v) is 16.7. The first-order valence-corrected chi connectivity index (χ1v) is 8.58. The first-order chi connectivity index (χ1) is 12.0. The van der Waals surface area contributed by atoms with Crippen molar-refractivity contribution in [2.24, 2.45) is 0 Å². The van der Waals surface area contributed by atoms with Crippen molar-refractivity contribution in [3.05, 3.63) is 52.1 Å². The summed E-state index contributed by atoms with van der Waals surface area (Å²) in [7, 11) is 0. The minimum Gasteiger partial charge on any atom is -0.331 e. The molecule has 0 saturated carbocycles. The van der Waals surface area contributed by atoms with Crippen LogP contribution in [0.15, 0.2) is 24.4 Å². The standard InChI is InChI=1S/C18H19ClF3N3O.ClH/c1-17(2,3)13-9-24-7-8-25(10-14(24)23-13)16(26)11-5-4-6-12(15(11)19)18(20,21)22;/h4-6,9H,7-8,10H2,1-3H3;1H. The van der Waals surface area contributed by atoms with Crippen LogP contribution < -0.4 is 0 Å². The van der Waals surface area contributed by atoms with Crippen molar-refractivity contribution in [3.8, 4) is 0 Å². The first-order valence-electron chi connectivity index (χ1n) is 8.20. The van der Waals surface area contributed by atoms with E-state index in [0.29, 0.717) is 13.1 Å². The van der Waals surface area contributed by atoms with E-state index in [1.165, 1.54) is 17.0 Å². The molecule has 4 nitrogen and oxygen atoms in total. The normalized spacial score (nSPS) is 14.6. The number of carbonyl (C=O) groups is 1. The number of rotatable bonds is 1. The highest BCUT2D eigenvalue weighted by molar-refractivity contribution is 6.34. The third-order valence-corrected chi connectivity index (χ3v) is 4.80. The lowest BCUT2D eigenvalue weighted by molar-refractivity contribution is -0.137. The molecular formula is C18H20Cl2F3N3O. The Morgan fingerprint density at radius 2 is 1.85 bits per heavy atom. The van der Waals surface area contributed by atoms with Gasteiger partial charge in [-0.05, 0) is 12.1 Å². The van der Waals surface area contributed by atoms with Crippen LogP contribution >= 0.6 is 24.0 Å². The molecular weight excluding hydrogens is 402 g/mol. The van der Waals surface area contributed by atoms with Gasteiger partial charge in [0, 0.05) is 24.7 Å². The summed E-state index contributed by atoms with van der Waals surface area (Å²) in [5.74, 6) is 0.199. The van der Waals surface area contributed by atoms with E-state index in [9.17, 15) is 18.0 Å². The molecule has 0 fully saturated rings. The predicted molar refractivity (Wildman–Crippen MR) is 99.4 cm³/mol. The summed E-state index contributed by atoms with van der Waals surface area (Å²) < 4.78 is 41.1. The maximum Gasteiger partial charge on any atom is 0.417 e. The van der Waals surface area contributed by atoms with Crippen molar-refractivity contribution >= 4 is 29.9 Å². The number of fused-ring (bicyclic) bond motifs is 1. The molecule has 1 aromatic heterocycles. The summed E-state index contributed by atoms with van der Waals surface area (Å²) in [6.07, 6.45) is -2.64. The summed E-state index contributed by atoms with van der Waals surface area (Å²) in [5, 5.41) is -0.561. The molecule has 148 valence electrons. The lowest BCUT2D eigenvalue weighted by atomic mass is 9.93. The Labute approximate surface area is 166 Å². The van der Waals surface area contributed by atoms with E-state index in [0.717, 1.165) is 17.6 Å². The Morgan fingerprint density at radius 3 is 2.44 bits per heavy atom. The van der Waals surface area contributed by atoms with Crippen LogP contribution in [0, 0.1) is 0 Å². The number of benzene rings is 1. The highest BCUT2D eigenvalue weighted by Gasteiger charge is 2.35. The van der Waals surface area contributed by atoms with Gasteiger partial charge < -0.3 is 9.47 Å². The van der Waals surface area contributed by atoms with Crippen LogP contribution in [0.5, 0.6) is 0 Å². The molecule has 0 spiro atoms. The molecule has 9 heteroatoms. The van der Waals surface area contributed by atoms with E-state index in [2.05, 4.69) is 4.98 Å². The molecule has 0 atom stereocenters. The number of amides is 1. The smallest absolute Gasteiger partial charge is 0.331 e. The van der Waals surface area contributed by atoms with Crippen LogP contribution in [-0.2, 0) is 24.7 Å². The van der Waals surface area contributed by atoms with Crippen LogP contribution in [0.4, 0.5) is 13.2 Å². The van der Waals surface area contributed by atoms with Gasteiger partial charge in [-0.1, -0.05) is 38.4 Å². The van der Waals surface area contributed by atoms with Crippen molar-refractivity contribution < 1.29 is 18.0 Å². The number of imidazole rings is 1. The van der Waals surface area contributed by atoms with Crippen molar-refractivity contribution in [1.29, 1.82) is 0 Å². The van der Waals surface area contributed by atoms with Gasteiger partial charge in [0.25, 0.3) is 5.91 Å². The Kier molecular flexibility index (Phi) is 5.88. The van der Waals surface area contributed by atoms with E-state index in [1.54, 1.807) is 0 Å². The number of alkyl halides is 3. The van der Waals surface area contributed by atoms with E-state index in [-0.39, 0.29) is 29.9 Å². The maximum atomic E-state index is 13.0. The number of nitrogens with zero attached hydrogens (tertiary/aromatic N) is 3. The number of hydrogen-bond acceptors (Lipinski definition) is 2. The molecule has 1 aliphatic heterocycles. The Balaban J connectivity index is 0.00000261. The molecule has 0 bridgehead atoms. The van der Waals surface area contributed by atoms with Crippen LogP contribution in [-0.4, -0.2) is 26.9 Å². The van der Waals surface area contributed by atoms with Gasteiger partial charge in [-0.2, -0.15) is 13.2 Å². The van der Waals surface area contributed by atoms with Crippen molar-refractivity contribution in [2.75, 3.05) is 6.54 Å². The zero-order valence-electron chi connectivity index (χ0n) is 15.1. The van der Waals surface area contributed by atoms with Gasteiger partial charge in [0.05, 0.1) is 28.4 Å². The molecule has 1 amide bonds. The second-order valence-corrected chi connectivity index (χ2v) is 7.76. The maximum absolute atomic E-state index is 13.0. The second-order valence-electron chi connectivity index (χ2n) is 7.38. The van der Waals surface area contributed by atoms with Crippen LogP contribution in [0.25, 0.3) is 0 Å². The van der Waals surface area contributed by atoms with Crippen molar-refractivity contribution in [1.82, 2.24) is 14.5 Å². The van der Waals surface area contributed by atoms with Crippen LogP contribution in [0.3, 0.4) is 0 Å². The topological polar surface area (TPSA) is 38.1 Å². The van der Waals surface area contributed by atoms with Gasteiger partial charge in [-0.25, -0.2) is 4.98 Å². The third-order valence-electron chi connectivity index (χ3n) is 4.39. The molecule has 2 aromatic rings. The second kappa shape index (κ2) is 7.36. The van der Waals surface area contributed by atoms with Crippen LogP contribution in [0.2, 0.25) is 5.02 Å². The fraction of sp³-hybridized carbons (Fsp3) is 0.444. The van der Waals surface area contributed by atoms with Crippen molar-refractivity contribution in [2.45, 2.75) is 45.5 Å². The molecule has 0 aliphatic carbocycles. The average molecular weight is 422 g/mol. The number of carbonyl (C=O) groups excluding carboxylic acids is 1. The van der Waals surface area contributed by atoms with E-state index >= 15 is 0 Å². The lowest BCUT2D eigenvalue weighted by Gasteiger charge is -2.28. The Morgan fingerprint density at radius 1 is 1.19 bits per heavy atom. The zero-order chi connectivity index (χ0) is 19.3. The summed E-state index contributed by atoms with van der Waals surface area (Å²) >= 11 is 5.88. The Hall–Kier alpha value is -1.73. The molecule has 0 saturated heterocycles. The summed E-state index contributed by atoms with van der Waals surface area (Å²) in [4.78, 5) is 18.8. The van der Waals surface area contributed by atoms with Gasteiger partial charge >= 0.3 is 6.18 Å². The van der Waals surface area contributed by atoms with E-state index in [4.69, 9.17) is 11.6 Å². The molecule has 1 aliphatic rings. The minimum absolute atomic E-state index is 0. The molecule has 3 rings (SSSR count). The highest BCUT2D eigenvalue weighted by atomic mass is 35.5. The molecule has 0 radical (unpaired) electrons. The number of hydrogen-bond donors (Lipinski definition) is 0. The highest BCUT2D eigenvalue weighted by Crippen LogP contribution is 2.36. The molecule has 0 N–H and O–H groups in total. The largest absolute Gasteiger partial charge is 0.417 e. The van der Waals surface area contributed by atoms with Gasteiger partial charge in [-0.3, -0.25) is 4.79 Å². The predicted octanol–water partition coefficient (Wildman–Crippen LogP) is 4.93. The fourth-order valence-corrected chi connectivity index (χ4v) is 3.19. The van der Waals surface area contributed by atoms with Gasteiger partial charge in [0.15, 0.2) is 0 Å². The van der Waals surface area contributed by atoms with Crippen LogP contribution in [0.1, 0.15) is 48.2 Å². The molecule has 1 aromatic carbocycles.